The van der Waals surface area contributed by atoms with Crippen molar-refractivity contribution in [1.29, 1.82) is 0 Å². The highest BCUT2D eigenvalue weighted by molar-refractivity contribution is 6.01. The predicted molar refractivity (Wildman–Crippen MR) is 95.2 cm³/mol. The molecular formula is C18H22FN5O2. The van der Waals surface area contributed by atoms with Gasteiger partial charge in [-0.15, -0.1) is 0 Å². The van der Waals surface area contributed by atoms with Crippen molar-refractivity contribution in [2.24, 2.45) is 0 Å². The summed E-state index contributed by atoms with van der Waals surface area (Å²) in [5, 5.41) is 7.69. The Morgan fingerprint density at radius 3 is 2.81 bits per heavy atom. The van der Waals surface area contributed by atoms with Crippen LogP contribution in [-0.4, -0.2) is 40.0 Å². The Bertz CT molecular complexity index is 958. The van der Waals surface area contributed by atoms with E-state index in [4.69, 9.17) is 4.52 Å². The predicted octanol–water partition coefficient (Wildman–Crippen LogP) is 2.73. The molecule has 3 rings (SSSR count). The van der Waals surface area contributed by atoms with Gasteiger partial charge in [-0.05, 0) is 58.6 Å². The number of nitrogens with one attached hydrogen (secondary N) is 2. The van der Waals surface area contributed by atoms with E-state index in [1.165, 1.54) is 12.1 Å². The number of rotatable bonds is 5. The average molecular weight is 359 g/mol. The molecule has 26 heavy (non-hydrogen) atoms. The fourth-order valence-corrected chi connectivity index (χ4v) is 2.78. The van der Waals surface area contributed by atoms with Crippen LogP contribution in [0.25, 0.3) is 10.9 Å². The van der Waals surface area contributed by atoms with E-state index in [0.717, 1.165) is 10.9 Å². The lowest BCUT2D eigenvalue weighted by Gasteiger charge is -2.22. The summed E-state index contributed by atoms with van der Waals surface area (Å²) in [6.45, 7) is 5.94. The van der Waals surface area contributed by atoms with E-state index in [-0.39, 0.29) is 11.7 Å². The zero-order valence-corrected chi connectivity index (χ0v) is 15.5. The molecule has 0 saturated heterocycles. The lowest BCUT2D eigenvalue weighted by molar-refractivity contribution is 0.0902. The largest absolute Gasteiger partial charge is 0.350 e. The first-order valence-electron chi connectivity index (χ1n) is 8.25. The SMILES string of the molecule is Cc1c(C(=O)NC(C)(C)c2noc(CN(C)C)n2)[nH]c2cc(F)ccc12. The maximum absolute atomic E-state index is 13.4. The molecule has 7 nitrogen and oxygen atoms in total. The molecule has 0 saturated carbocycles. The Morgan fingerprint density at radius 2 is 2.12 bits per heavy atom. The summed E-state index contributed by atoms with van der Waals surface area (Å²) in [4.78, 5) is 22.0. The molecule has 0 radical (unpaired) electrons. The highest BCUT2D eigenvalue weighted by Crippen LogP contribution is 2.24. The average Bonchev–Trinajstić information content (AvgIpc) is 3.11. The van der Waals surface area contributed by atoms with Crippen LogP contribution < -0.4 is 5.32 Å². The van der Waals surface area contributed by atoms with E-state index in [1.807, 2.05) is 25.9 Å². The molecule has 138 valence electrons. The number of carbonyl (C=O) groups excluding carboxylic acids is 1. The van der Waals surface area contributed by atoms with E-state index in [9.17, 15) is 9.18 Å². The van der Waals surface area contributed by atoms with Crippen molar-refractivity contribution < 1.29 is 13.7 Å². The van der Waals surface area contributed by atoms with E-state index in [0.29, 0.717) is 29.5 Å². The zero-order chi connectivity index (χ0) is 19.1. The van der Waals surface area contributed by atoms with Crippen molar-refractivity contribution in [1.82, 2.24) is 25.3 Å². The summed E-state index contributed by atoms with van der Waals surface area (Å²) in [6.07, 6.45) is 0. The lowest BCUT2D eigenvalue weighted by atomic mass is 10.0. The van der Waals surface area contributed by atoms with Gasteiger partial charge in [0.05, 0.1) is 12.1 Å². The molecule has 2 heterocycles. The highest BCUT2D eigenvalue weighted by atomic mass is 19.1. The second-order valence-electron chi connectivity index (χ2n) is 7.14. The Labute approximate surface area is 150 Å². The molecule has 3 aromatic rings. The number of nitrogens with zero attached hydrogens (tertiary/aromatic N) is 3. The molecule has 1 amide bonds. The van der Waals surface area contributed by atoms with Gasteiger partial charge in [-0.2, -0.15) is 4.98 Å². The summed E-state index contributed by atoms with van der Waals surface area (Å²) in [7, 11) is 3.80. The molecule has 0 aliphatic rings. The van der Waals surface area contributed by atoms with Gasteiger partial charge in [-0.1, -0.05) is 5.16 Å². The highest BCUT2D eigenvalue weighted by Gasteiger charge is 2.30. The quantitative estimate of drug-likeness (QED) is 0.731. The maximum atomic E-state index is 13.4. The summed E-state index contributed by atoms with van der Waals surface area (Å²) >= 11 is 0. The van der Waals surface area contributed by atoms with Gasteiger partial charge in [0, 0.05) is 10.9 Å². The Hall–Kier alpha value is -2.74. The van der Waals surface area contributed by atoms with Crippen LogP contribution >= 0.6 is 0 Å². The van der Waals surface area contributed by atoms with E-state index >= 15 is 0 Å². The van der Waals surface area contributed by atoms with Crippen LogP contribution in [0.1, 0.15) is 41.6 Å². The van der Waals surface area contributed by atoms with Crippen molar-refractivity contribution >= 4 is 16.8 Å². The van der Waals surface area contributed by atoms with Crippen LogP contribution in [0.15, 0.2) is 22.7 Å². The first-order chi connectivity index (χ1) is 12.2. The number of hydrogen-bond acceptors (Lipinski definition) is 5. The molecule has 8 heteroatoms. The van der Waals surface area contributed by atoms with Crippen LogP contribution in [0.3, 0.4) is 0 Å². The molecule has 2 aromatic heterocycles. The molecule has 0 aliphatic carbocycles. The third kappa shape index (κ3) is 3.45. The minimum atomic E-state index is -0.833. The molecular weight excluding hydrogens is 337 g/mol. The second-order valence-corrected chi connectivity index (χ2v) is 7.14. The van der Waals surface area contributed by atoms with Crippen molar-refractivity contribution in [2.75, 3.05) is 14.1 Å². The molecule has 0 aliphatic heterocycles. The standard InChI is InChI=1S/C18H22FN5O2/c1-10-12-7-6-11(19)8-13(12)20-15(10)16(25)22-18(2,3)17-21-14(26-23-17)9-24(4)5/h6-8,20H,9H2,1-5H3,(H,22,25). The van der Waals surface area contributed by atoms with Gasteiger partial charge >= 0.3 is 0 Å². The third-order valence-corrected chi connectivity index (χ3v) is 4.15. The molecule has 0 fully saturated rings. The lowest BCUT2D eigenvalue weighted by Crippen LogP contribution is -2.42. The van der Waals surface area contributed by atoms with Crippen LogP contribution in [-0.2, 0) is 12.1 Å². The molecule has 0 atom stereocenters. The second kappa shape index (κ2) is 6.53. The van der Waals surface area contributed by atoms with Crippen LogP contribution in [0.2, 0.25) is 0 Å². The fourth-order valence-electron chi connectivity index (χ4n) is 2.78. The van der Waals surface area contributed by atoms with Gasteiger partial charge in [-0.3, -0.25) is 4.79 Å². The molecule has 0 spiro atoms. The Balaban J connectivity index is 1.84. The number of amides is 1. The van der Waals surface area contributed by atoms with Gasteiger partial charge in [0.2, 0.25) is 5.89 Å². The van der Waals surface area contributed by atoms with Gasteiger partial charge in [0.15, 0.2) is 5.82 Å². The van der Waals surface area contributed by atoms with Crippen molar-refractivity contribution in [3.05, 3.63) is 47.0 Å². The molecule has 0 bridgehead atoms. The number of carbonyl (C=O) groups is 1. The first kappa shape index (κ1) is 18.1. The Morgan fingerprint density at radius 1 is 1.38 bits per heavy atom. The number of H-pyrrole nitrogens is 1. The van der Waals surface area contributed by atoms with E-state index in [2.05, 4.69) is 20.4 Å². The molecule has 0 unspecified atom stereocenters. The molecule has 2 N–H and O–H groups in total. The summed E-state index contributed by atoms with van der Waals surface area (Å²) < 4.78 is 18.6. The van der Waals surface area contributed by atoms with Crippen LogP contribution in [0, 0.1) is 12.7 Å². The number of halogens is 1. The summed E-state index contributed by atoms with van der Waals surface area (Å²) in [5.74, 6) is 0.196. The first-order valence-corrected chi connectivity index (χ1v) is 8.25. The number of fused-ring (bicyclic) bond motifs is 1. The van der Waals surface area contributed by atoms with E-state index in [1.54, 1.807) is 19.9 Å². The number of aryl methyl sites for hydroxylation is 1. The van der Waals surface area contributed by atoms with Crippen LogP contribution in [0.5, 0.6) is 0 Å². The van der Waals surface area contributed by atoms with Crippen molar-refractivity contribution in [2.45, 2.75) is 32.9 Å². The van der Waals surface area contributed by atoms with Gasteiger partial charge < -0.3 is 19.7 Å². The maximum Gasteiger partial charge on any atom is 0.268 e. The minimum Gasteiger partial charge on any atom is -0.350 e. The van der Waals surface area contributed by atoms with Gasteiger partial charge in [0.1, 0.15) is 11.5 Å². The molecule has 1 aromatic carbocycles. The minimum absolute atomic E-state index is 0.317. The normalized spacial score (nSPS) is 12.1. The summed E-state index contributed by atoms with van der Waals surface area (Å²) in [6, 6.07) is 4.41. The van der Waals surface area contributed by atoms with Gasteiger partial charge in [-0.25, -0.2) is 4.39 Å². The Kier molecular flexibility index (Phi) is 4.53. The van der Waals surface area contributed by atoms with Crippen molar-refractivity contribution in [3.63, 3.8) is 0 Å². The van der Waals surface area contributed by atoms with Crippen molar-refractivity contribution in [3.8, 4) is 0 Å². The summed E-state index contributed by atoms with van der Waals surface area (Å²) in [5.41, 5.74) is 0.892. The van der Waals surface area contributed by atoms with Crippen LogP contribution in [0.4, 0.5) is 4.39 Å². The smallest absolute Gasteiger partial charge is 0.268 e. The third-order valence-electron chi connectivity index (χ3n) is 4.15. The number of benzene rings is 1. The zero-order valence-electron chi connectivity index (χ0n) is 15.5. The topological polar surface area (TPSA) is 87.1 Å². The number of aromatic amines is 1. The number of hydrogen-bond donors (Lipinski definition) is 2. The van der Waals surface area contributed by atoms with Gasteiger partial charge in [0.25, 0.3) is 5.91 Å². The number of aromatic nitrogens is 3. The fraction of sp³-hybridized carbons (Fsp3) is 0.389. The van der Waals surface area contributed by atoms with E-state index < -0.39 is 5.54 Å². The monoisotopic (exact) mass is 359 g/mol.